The molecule has 2 unspecified atom stereocenters. The van der Waals surface area contributed by atoms with Crippen molar-refractivity contribution >= 4 is 11.3 Å². The molecule has 1 saturated carbocycles. The molecule has 0 radical (unpaired) electrons. The predicted molar refractivity (Wildman–Crippen MR) is 92.9 cm³/mol. The topological polar surface area (TPSA) is 24.9 Å². The van der Waals surface area contributed by atoms with Crippen LogP contribution in [-0.4, -0.2) is 11.0 Å². The average Bonchev–Trinajstić information content (AvgIpc) is 2.84. The Balaban J connectivity index is 1.96. The second-order valence-corrected chi connectivity index (χ2v) is 9.74. The second-order valence-electron chi connectivity index (χ2n) is 8.63. The largest absolute Gasteiger partial charge is 0.309 e. The van der Waals surface area contributed by atoms with E-state index in [0.29, 0.717) is 11.5 Å². The highest BCUT2D eigenvalue weighted by Gasteiger charge is 2.33. The van der Waals surface area contributed by atoms with E-state index < -0.39 is 0 Å². The Hall–Kier alpha value is -0.410. The number of nitrogens with zero attached hydrogens (tertiary/aromatic N) is 1. The Morgan fingerprint density at radius 1 is 1.14 bits per heavy atom. The zero-order valence-corrected chi connectivity index (χ0v) is 15.4. The van der Waals surface area contributed by atoms with Gasteiger partial charge in [0.05, 0.1) is 5.01 Å². The smallest absolute Gasteiger partial charge is 0.0981 e. The van der Waals surface area contributed by atoms with Crippen molar-refractivity contribution in [3.63, 3.8) is 0 Å². The normalized spacial score (nSPS) is 24.3. The minimum atomic E-state index is 0.168. The predicted octanol–water partition coefficient (Wildman–Crippen LogP) is 5.14. The zero-order chi connectivity index (χ0) is 15.7. The quantitative estimate of drug-likeness (QED) is 0.836. The van der Waals surface area contributed by atoms with Crippen LogP contribution in [0.25, 0.3) is 0 Å². The lowest BCUT2D eigenvalue weighted by Gasteiger charge is -2.41. The Labute approximate surface area is 134 Å². The first-order valence-electron chi connectivity index (χ1n) is 8.36. The van der Waals surface area contributed by atoms with Crippen molar-refractivity contribution < 1.29 is 0 Å². The molecule has 21 heavy (non-hydrogen) atoms. The lowest BCUT2D eigenvalue weighted by molar-refractivity contribution is 0.130. The number of hydrogen-bond acceptors (Lipinski definition) is 3. The van der Waals surface area contributed by atoms with E-state index in [9.17, 15) is 0 Å². The molecule has 0 spiro atoms. The molecule has 1 aliphatic carbocycles. The molecular weight excluding hydrogens is 276 g/mol. The standard InChI is InChI=1S/C18H32N2S/c1-17(2,3)14-9-7-8-10-15(14)19-11-13-12-20-16(21-13)18(4,5)6/h12,14-15,19H,7-11H2,1-6H3. The molecule has 2 rings (SSSR count). The summed E-state index contributed by atoms with van der Waals surface area (Å²) in [5, 5.41) is 5.08. The SMILES string of the molecule is CC(C)(C)c1ncc(CNC2CCCCC2C(C)(C)C)s1. The summed E-state index contributed by atoms with van der Waals surface area (Å²) < 4.78 is 0. The third-order valence-electron chi connectivity index (χ3n) is 4.61. The molecule has 0 amide bonds. The Morgan fingerprint density at radius 2 is 1.81 bits per heavy atom. The fourth-order valence-corrected chi connectivity index (χ4v) is 4.30. The minimum absolute atomic E-state index is 0.168. The Kier molecular flexibility index (Phi) is 5.15. The summed E-state index contributed by atoms with van der Waals surface area (Å²) >= 11 is 1.86. The molecule has 0 aliphatic heterocycles. The highest BCUT2D eigenvalue weighted by atomic mass is 32.1. The van der Waals surface area contributed by atoms with E-state index in [2.05, 4.69) is 58.0 Å². The van der Waals surface area contributed by atoms with Gasteiger partial charge in [-0.15, -0.1) is 11.3 Å². The van der Waals surface area contributed by atoms with Gasteiger partial charge in [0.1, 0.15) is 0 Å². The fourth-order valence-electron chi connectivity index (χ4n) is 3.38. The number of hydrogen-bond donors (Lipinski definition) is 1. The highest BCUT2D eigenvalue weighted by Crippen LogP contribution is 2.38. The summed E-state index contributed by atoms with van der Waals surface area (Å²) in [4.78, 5) is 5.97. The summed E-state index contributed by atoms with van der Waals surface area (Å²) in [6, 6.07) is 0.666. The van der Waals surface area contributed by atoms with Crippen molar-refractivity contribution in [1.29, 1.82) is 0 Å². The van der Waals surface area contributed by atoms with Gasteiger partial charge in [-0.3, -0.25) is 0 Å². The van der Waals surface area contributed by atoms with Gasteiger partial charge in [0.15, 0.2) is 0 Å². The first-order chi connectivity index (χ1) is 9.68. The van der Waals surface area contributed by atoms with Gasteiger partial charge in [0, 0.05) is 29.1 Å². The van der Waals surface area contributed by atoms with Crippen LogP contribution >= 0.6 is 11.3 Å². The summed E-state index contributed by atoms with van der Waals surface area (Å²) in [7, 11) is 0. The summed E-state index contributed by atoms with van der Waals surface area (Å²) in [5.74, 6) is 0.793. The van der Waals surface area contributed by atoms with E-state index >= 15 is 0 Å². The monoisotopic (exact) mass is 308 g/mol. The van der Waals surface area contributed by atoms with Gasteiger partial charge in [-0.05, 0) is 24.2 Å². The van der Waals surface area contributed by atoms with E-state index in [1.165, 1.54) is 35.6 Å². The zero-order valence-electron chi connectivity index (χ0n) is 14.6. The lowest BCUT2D eigenvalue weighted by atomic mass is 9.69. The molecular formula is C18H32N2S. The third kappa shape index (κ3) is 4.53. The van der Waals surface area contributed by atoms with Crippen LogP contribution in [0.5, 0.6) is 0 Å². The number of aromatic nitrogens is 1. The molecule has 3 heteroatoms. The molecule has 0 aromatic carbocycles. The molecule has 0 saturated heterocycles. The van der Waals surface area contributed by atoms with Crippen LogP contribution in [0.2, 0.25) is 0 Å². The maximum Gasteiger partial charge on any atom is 0.0981 e. The van der Waals surface area contributed by atoms with Crippen LogP contribution in [0.3, 0.4) is 0 Å². The second kappa shape index (κ2) is 6.37. The summed E-state index contributed by atoms with van der Waals surface area (Å²) in [6.45, 7) is 14.9. The van der Waals surface area contributed by atoms with Crippen molar-refractivity contribution in [1.82, 2.24) is 10.3 Å². The minimum Gasteiger partial charge on any atom is -0.309 e. The van der Waals surface area contributed by atoms with Crippen LogP contribution in [0.1, 0.15) is 77.1 Å². The van der Waals surface area contributed by atoms with Crippen molar-refractivity contribution in [3.8, 4) is 0 Å². The van der Waals surface area contributed by atoms with E-state index in [0.717, 1.165) is 12.5 Å². The van der Waals surface area contributed by atoms with Crippen LogP contribution in [0.4, 0.5) is 0 Å². The Morgan fingerprint density at radius 3 is 2.38 bits per heavy atom. The molecule has 1 N–H and O–H groups in total. The molecule has 2 nitrogen and oxygen atoms in total. The van der Waals surface area contributed by atoms with Gasteiger partial charge in [-0.2, -0.15) is 0 Å². The van der Waals surface area contributed by atoms with E-state index in [1.807, 2.05) is 11.3 Å². The molecule has 1 aromatic rings. The van der Waals surface area contributed by atoms with Gasteiger partial charge in [-0.25, -0.2) is 4.98 Å². The highest BCUT2D eigenvalue weighted by molar-refractivity contribution is 7.11. The van der Waals surface area contributed by atoms with Gasteiger partial charge < -0.3 is 5.32 Å². The van der Waals surface area contributed by atoms with E-state index in [-0.39, 0.29) is 5.41 Å². The Bertz CT molecular complexity index is 451. The first kappa shape index (κ1) is 17.0. The molecule has 2 atom stereocenters. The van der Waals surface area contributed by atoms with Crippen LogP contribution in [-0.2, 0) is 12.0 Å². The summed E-state index contributed by atoms with van der Waals surface area (Å²) in [6.07, 6.45) is 7.53. The maximum atomic E-state index is 4.60. The lowest BCUT2D eigenvalue weighted by Crippen LogP contribution is -2.43. The van der Waals surface area contributed by atoms with Gasteiger partial charge in [0.25, 0.3) is 0 Å². The van der Waals surface area contributed by atoms with Gasteiger partial charge in [0.2, 0.25) is 0 Å². The number of rotatable bonds is 3. The fraction of sp³-hybridized carbons (Fsp3) is 0.833. The molecule has 1 heterocycles. The number of nitrogens with one attached hydrogen (secondary N) is 1. The maximum absolute atomic E-state index is 4.60. The molecule has 120 valence electrons. The van der Waals surface area contributed by atoms with Crippen LogP contribution < -0.4 is 5.32 Å². The summed E-state index contributed by atoms with van der Waals surface area (Å²) in [5.41, 5.74) is 0.573. The average molecular weight is 309 g/mol. The molecule has 1 aromatic heterocycles. The molecule has 1 fully saturated rings. The van der Waals surface area contributed by atoms with E-state index in [1.54, 1.807) is 0 Å². The first-order valence-corrected chi connectivity index (χ1v) is 9.18. The van der Waals surface area contributed by atoms with Crippen molar-refractivity contribution in [2.75, 3.05) is 0 Å². The van der Waals surface area contributed by atoms with E-state index in [4.69, 9.17) is 0 Å². The van der Waals surface area contributed by atoms with Crippen LogP contribution in [0, 0.1) is 11.3 Å². The van der Waals surface area contributed by atoms with Gasteiger partial charge >= 0.3 is 0 Å². The van der Waals surface area contributed by atoms with Crippen LogP contribution in [0.15, 0.2) is 6.20 Å². The number of thiazole rings is 1. The van der Waals surface area contributed by atoms with Crippen molar-refractivity contribution in [2.45, 2.75) is 85.2 Å². The molecule has 0 bridgehead atoms. The molecule has 1 aliphatic rings. The third-order valence-corrected chi connectivity index (χ3v) is 6.04. The van der Waals surface area contributed by atoms with Crippen molar-refractivity contribution in [2.24, 2.45) is 11.3 Å². The van der Waals surface area contributed by atoms with Crippen molar-refractivity contribution in [3.05, 3.63) is 16.1 Å². The van der Waals surface area contributed by atoms with Gasteiger partial charge in [-0.1, -0.05) is 54.4 Å².